The number of hydrogen-bond donors (Lipinski definition) is 1. The van der Waals surface area contributed by atoms with Crippen LogP contribution in [-0.2, 0) is 11.2 Å². The van der Waals surface area contributed by atoms with Gasteiger partial charge in [0.05, 0.1) is 12.6 Å². The monoisotopic (exact) mass is 257 g/mol. The summed E-state index contributed by atoms with van der Waals surface area (Å²) < 4.78 is 29.1. The van der Waals surface area contributed by atoms with Gasteiger partial charge in [0.1, 0.15) is 6.61 Å². The predicted molar refractivity (Wildman–Crippen MR) is 69.1 cm³/mol. The van der Waals surface area contributed by atoms with E-state index >= 15 is 0 Å². The van der Waals surface area contributed by atoms with Gasteiger partial charge >= 0.3 is 0 Å². The van der Waals surface area contributed by atoms with Crippen molar-refractivity contribution in [2.45, 2.75) is 32.7 Å². The van der Waals surface area contributed by atoms with Crippen LogP contribution in [0.15, 0.2) is 24.3 Å². The highest BCUT2D eigenvalue weighted by molar-refractivity contribution is 5.25. The van der Waals surface area contributed by atoms with Crippen LogP contribution in [0, 0.1) is 0 Å². The Hall–Kier alpha value is -1.00. The molecule has 0 amide bonds. The number of benzene rings is 1. The van der Waals surface area contributed by atoms with E-state index in [0.29, 0.717) is 0 Å². The van der Waals surface area contributed by atoms with Gasteiger partial charge in [-0.05, 0) is 24.1 Å². The van der Waals surface area contributed by atoms with Gasteiger partial charge in [-0.3, -0.25) is 0 Å². The Morgan fingerprint density at radius 2 is 1.78 bits per heavy atom. The van der Waals surface area contributed by atoms with E-state index in [-0.39, 0.29) is 12.6 Å². The third kappa shape index (κ3) is 5.10. The Morgan fingerprint density at radius 1 is 1.11 bits per heavy atom. The van der Waals surface area contributed by atoms with Crippen molar-refractivity contribution in [2.75, 3.05) is 19.8 Å². The molecule has 0 spiro atoms. The van der Waals surface area contributed by atoms with Crippen molar-refractivity contribution >= 4 is 0 Å². The van der Waals surface area contributed by atoms with Crippen molar-refractivity contribution in [3.05, 3.63) is 35.4 Å². The molecule has 0 aliphatic heterocycles. The number of nitrogens with one attached hydrogen (secondary N) is 1. The lowest BCUT2D eigenvalue weighted by molar-refractivity contribution is 0.00934. The van der Waals surface area contributed by atoms with Gasteiger partial charge in [-0.2, -0.15) is 0 Å². The van der Waals surface area contributed by atoms with E-state index in [2.05, 4.69) is 24.4 Å². The van der Waals surface area contributed by atoms with Gasteiger partial charge < -0.3 is 10.1 Å². The summed E-state index contributed by atoms with van der Waals surface area (Å²) in [5.74, 6) is 0. The molecule has 1 aromatic rings. The van der Waals surface area contributed by atoms with Crippen LogP contribution in [-0.4, -0.2) is 26.2 Å². The second kappa shape index (κ2) is 8.16. The Labute approximate surface area is 107 Å². The fourth-order valence-electron chi connectivity index (χ4n) is 1.78. The molecule has 0 aromatic heterocycles. The van der Waals surface area contributed by atoms with E-state index in [4.69, 9.17) is 4.74 Å². The lowest BCUT2D eigenvalue weighted by atomic mass is 10.0. The topological polar surface area (TPSA) is 21.3 Å². The normalized spacial score (nSPS) is 12.9. The highest BCUT2D eigenvalue weighted by Crippen LogP contribution is 2.15. The Kier molecular flexibility index (Phi) is 6.83. The van der Waals surface area contributed by atoms with Gasteiger partial charge in [-0.25, -0.2) is 8.78 Å². The molecule has 0 aliphatic rings. The maximum Gasteiger partial charge on any atom is 0.261 e. The number of alkyl halides is 2. The quantitative estimate of drug-likeness (QED) is 0.772. The van der Waals surface area contributed by atoms with Crippen LogP contribution < -0.4 is 5.32 Å². The van der Waals surface area contributed by atoms with E-state index in [1.54, 1.807) is 0 Å². The van der Waals surface area contributed by atoms with Crippen LogP contribution in [0.1, 0.15) is 31.0 Å². The third-order valence-corrected chi connectivity index (χ3v) is 2.77. The molecular formula is C14H21F2NO. The number of rotatable bonds is 8. The minimum Gasteiger partial charge on any atom is -0.374 e. The summed E-state index contributed by atoms with van der Waals surface area (Å²) in [6.07, 6.45) is -1.41. The first-order valence-corrected chi connectivity index (χ1v) is 6.35. The summed E-state index contributed by atoms with van der Waals surface area (Å²) in [6, 6.07) is 8.15. The smallest absolute Gasteiger partial charge is 0.261 e. The van der Waals surface area contributed by atoms with Gasteiger partial charge in [0.25, 0.3) is 6.43 Å². The molecule has 0 bridgehead atoms. The summed E-state index contributed by atoms with van der Waals surface area (Å²) in [5.41, 5.74) is 2.34. The molecule has 0 aliphatic carbocycles. The van der Waals surface area contributed by atoms with Crippen molar-refractivity contribution in [3.8, 4) is 0 Å². The van der Waals surface area contributed by atoms with Crippen molar-refractivity contribution < 1.29 is 13.5 Å². The van der Waals surface area contributed by atoms with E-state index in [1.165, 1.54) is 5.56 Å². The maximum atomic E-state index is 12.0. The Balaban J connectivity index is 2.58. The maximum absolute atomic E-state index is 12.0. The minimum absolute atomic E-state index is 0.0281. The van der Waals surface area contributed by atoms with Crippen molar-refractivity contribution in [1.82, 2.24) is 5.32 Å². The summed E-state index contributed by atoms with van der Waals surface area (Å²) in [6.45, 7) is 4.62. The summed E-state index contributed by atoms with van der Waals surface area (Å²) in [4.78, 5) is 0. The second-order valence-corrected chi connectivity index (χ2v) is 4.13. The first kappa shape index (κ1) is 15.1. The fraction of sp³-hybridized carbons (Fsp3) is 0.571. The first-order valence-electron chi connectivity index (χ1n) is 6.35. The molecule has 1 N–H and O–H groups in total. The summed E-state index contributed by atoms with van der Waals surface area (Å²) >= 11 is 0. The standard InChI is InChI=1S/C14H21F2NO/c1-3-11-5-7-12(8-6-11)13(17-4-2)9-18-10-14(15)16/h5-8,13-14,17H,3-4,9-10H2,1-2H3. The SMILES string of the molecule is CCNC(COCC(F)F)c1ccc(CC)cc1. The van der Waals surface area contributed by atoms with Crippen LogP contribution in [0.3, 0.4) is 0 Å². The van der Waals surface area contributed by atoms with Crippen LogP contribution in [0.5, 0.6) is 0 Å². The molecule has 4 heteroatoms. The van der Waals surface area contributed by atoms with E-state index < -0.39 is 13.0 Å². The zero-order valence-electron chi connectivity index (χ0n) is 11.0. The molecule has 1 atom stereocenters. The fourth-order valence-corrected chi connectivity index (χ4v) is 1.78. The molecule has 102 valence electrons. The van der Waals surface area contributed by atoms with E-state index in [9.17, 15) is 8.78 Å². The van der Waals surface area contributed by atoms with Crippen LogP contribution >= 0.6 is 0 Å². The highest BCUT2D eigenvalue weighted by Gasteiger charge is 2.11. The molecule has 1 aromatic carbocycles. The van der Waals surface area contributed by atoms with Gasteiger partial charge in [-0.15, -0.1) is 0 Å². The first-order chi connectivity index (χ1) is 8.67. The zero-order valence-corrected chi connectivity index (χ0v) is 11.0. The number of hydrogen-bond acceptors (Lipinski definition) is 2. The molecule has 0 radical (unpaired) electrons. The molecule has 0 saturated heterocycles. The van der Waals surface area contributed by atoms with Crippen LogP contribution in [0.2, 0.25) is 0 Å². The van der Waals surface area contributed by atoms with Crippen molar-refractivity contribution in [1.29, 1.82) is 0 Å². The average molecular weight is 257 g/mol. The molecule has 0 fully saturated rings. The number of ether oxygens (including phenoxy) is 1. The number of halogens is 2. The average Bonchev–Trinajstić information content (AvgIpc) is 2.37. The lowest BCUT2D eigenvalue weighted by Gasteiger charge is -2.18. The van der Waals surface area contributed by atoms with Crippen LogP contribution in [0.25, 0.3) is 0 Å². The van der Waals surface area contributed by atoms with Gasteiger partial charge in [0.15, 0.2) is 0 Å². The minimum atomic E-state index is -2.41. The zero-order chi connectivity index (χ0) is 13.4. The van der Waals surface area contributed by atoms with Gasteiger partial charge in [-0.1, -0.05) is 38.1 Å². The van der Waals surface area contributed by atoms with E-state index in [1.807, 2.05) is 19.1 Å². The third-order valence-electron chi connectivity index (χ3n) is 2.77. The number of likely N-dealkylation sites (N-methyl/N-ethyl adjacent to an activating group) is 1. The predicted octanol–water partition coefficient (Wildman–Crippen LogP) is 3.18. The molecular weight excluding hydrogens is 236 g/mol. The Morgan fingerprint density at radius 3 is 2.28 bits per heavy atom. The molecule has 18 heavy (non-hydrogen) atoms. The van der Waals surface area contributed by atoms with E-state index in [0.717, 1.165) is 18.5 Å². The van der Waals surface area contributed by atoms with Crippen molar-refractivity contribution in [2.24, 2.45) is 0 Å². The largest absolute Gasteiger partial charge is 0.374 e. The summed E-state index contributed by atoms with van der Waals surface area (Å²) in [5, 5.41) is 3.24. The van der Waals surface area contributed by atoms with Crippen molar-refractivity contribution in [3.63, 3.8) is 0 Å². The van der Waals surface area contributed by atoms with Gasteiger partial charge in [0.2, 0.25) is 0 Å². The number of aryl methyl sites for hydroxylation is 1. The van der Waals surface area contributed by atoms with Crippen LogP contribution in [0.4, 0.5) is 8.78 Å². The Bertz CT molecular complexity index is 327. The van der Waals surface area contributed by atoms with Gasteiger partial charge in [0, 0.05) is 0 Å². The molecule has 1 unspecified atom stereocenters. The molecule has 1 rings (SSSR count). The second-order valence-electron chi connectivity index (χ2n) is 4.13. The molecule has 0 heterocycles. The highest BCUT2D eigenvalue weighted by atomic mass is 19.3. The lowest BCUT2D eigenvalue weighted by Crippen LogP contribution is -2.26. The molecule has 2 nitrogen and oxygen atoms in total. The molecule has 0 saturated carbocycles. The summed E-state index contributed by atoms with van der Waals surface area (Å²) in [7, 11) is 0.